The highest BCUT2D eigenvalue weighted by atomic mass is 35.5. The van der Waals surface area contributed by atoms with Crippen LogP contribution in [0.4, 0.5) is 20.0 Å². The zero-order chi connectivity index (χ0) is 21.1. The first-order valence-corrected chi connectivity index (χ1v) is 10.8. The van der Waals surface area contributed by atoms with Crippen LogP contribution in [-0.4, -0.2) is 46.5 Å². The summed E-state index contributed by atoms with van der Waals surface area (Å²) in [6.45, 7) is 2.38. The minimum absolute atomic E-state index is 0.237. The lowest BCUT2D eigenvalue weighted by atomic mass is 10.1. The monoisotopic (exact) mass is 465 g/mol. The zero-order valence-electron chi connectivity index (χ0n) is 15.8. The molecule has 6 nitrogen and oxygen atoms in total. The number of aromatic nitrogens is 2. The molecule has 10 heteroatoms. The molecular weight excluding hydrogens is 448 g/mol. The minimum Gasteiger partial charge on any atom is -0.343 e. The van der Waals surface area contributed by atoms with E-state index < -0.39 is 0 Å². The normalized spacial score (nSPS) is 14.1. The number of piperazine rings is 1. The van der Waals surface area contributed by atoms with Crippen molar-refractivity contribution in [2.75, 3.05) is 36.4 Å². The van der Waals surface area contributed by atoms with E-state index in [1.54, 1.807) is 35.2 Å². The Hall–Kier alpha value is -2.42. The van der Waals surface area contributed by atoms with Crippen molar-refractivity contribution in [1.29, 1.82) is 0 Å². The van der Waals surface area contributed by atoms with Gasteiger partial charge in [-0.3, -0.25) is 0 Å². The van der Waals surface area contributed by atoms with Gasteiger partial charge in [0.2, 0.25) is 5.13 Å². The molecule has 0 saturated carbocycles. The SMILES string of the molecule is O=C(Nc1c(Cl)cccc1Cl)N1CCN(c2nc(Cc3ccc(F)cc3)ns2)CC1. The van der Waals surface area contributed by atoms with Gasteiger partial charge in [0.15, 0.2) is 0 Å². The van der Waals surface area contributed by atoms with Crippen LogP contribution in [0.5, 0.6) is 0 Å². The molecule has 2 amide bonds. The maximum absolute atomic E-state index is 13.0. The lowest BCUT2D eigenvalue weighted by Crippen LogP contribution is -2.50. The third kappa shape index (κ3) is 4.83. The van der Waals surface area contributed by atoms with E-state index in [9.17, 15) is 9.18 Å². The van der Waals surface area contributed by atoms with Crippen LogP contribution < -0.4 is 10.2 Å². The predicted molar refractivity (Wildman–Crippen MR) is 118 cm³/mol. The van der Waals surface area contributed by atoms with Crippen LogP contribution in [-0.2, 0) is 6.42 Å². The summed E-state index contributed by atoms with van der Waals surface area (Å²) in [5.41, 5.74) is 1.38. The van der Waals surface area contributed by atoms with Crippen molar-refractivity contribution >= 4 is 51.6 Å². The fourth-order valence-electron chi connectivity index (χ4n) is 3.13. The van der Waals surface area contributed by atoms with Gasteiger partial charge in [-0.25, -0.2) is 14.2 Å². The summed E-state index contributed by atoms with van der Waals surface area (Å²) < 4.78 is 17.5. The molecule has 1 N–H and O–H groups in total. The molecule has 1 saturated heterocycles. The Balaban J connectivity index is 1.33. The first-order chi connectivity index (χ1) is 14.5. The number of halogens is 3. The quantitative estimate of drug-likeness (QED) is 0.593. The Labute approximate surface area is 187 Å². The highest BCUT2D eigenvalue weighted by Crippen LogP contribution is 2.30. The van der Waals surface area contributed by atoms with Crippen molar-refractivity contribution < 1.29 is 9.18 Å². The van der Waals surface area contributed by atoms with Gasteiger partial charge >= 0.3 is 6.03 Å². The van der Waals surface area contributed by atoms with E-state index in [4.69, 9.17) is 23.2 Å². The molecule has 0 atom stereocenters. The van der Waals surface area contributed by atoms with E-state index in [1.165, 1.54) is 23.7 Å². The van der Waals surface area contributed by atoms with Gasteiger partial charge in [0.1, 0.15) is 11.6 Å². The maximum Gasteiger partial charge on any atom is 0.322 e. The summed E-state index contributed by atoms with van der Waals surface area (Å²) >= 11 is 13.6. The first kappa shape index (κ1) is 20.8. The molecule has 156 valence electrons. The molecule has 1 aliphatic heterocycles. The molecule has 1 aromatic heterocycles. The van der Waals surface area contributed by atoms with E-state index in [2.05, 4.69) is 19.6 Å². The summed E-state index contributed by atoms with van der Waals surface area (Å²) in [5, 5.41) is 4.41. The van der Waals surface area contributed by atoms with Gasteiger partial charge in [-0.1, -0.05) is 41.4 Å². The van der Waals surface area contributed by atoms with Crippen LogP contribution in [0.3, 0.4) is 0 Å². The predicted octanol–water partition coefficient (Wildman–Crippen LogP) is 4.93. The number of anilines is 2. The fraction of sp³-hybridized carbons (Fsp3) is 0.250. The fourth-order valence-corrected chi connectivity index (χ4v) is 4.36. The second-order valence-corrected chi connectivity index (χ2v) is 8.34. The van der Waals surface area contributed by atoms with E-state index in [0.29, 0.717) is 54.2 Å². The molecule has 2 aromatic carbocycles. The molecule has 1 fully saturated rings. The number of amides is 2. The molecule has 0 bridgehead atoms. The van der Waals surface area contributed by atoms with E-state index in [0.717, 1.165) is 10.7 Å². The Morgan fingerprint density at radius 3 is 2.40 bits per heavy atom. The van der Waals surface area contributed by atoms with E-state index in [1.807, 2.05) is 0 Å². The van der Waals surface area contributed by atoms with Crippen LogP contribution in [0, 0.1) is 5.82 Å². The molecule has 0 aliphatic carbocycles. The number of carbonyl (C=O) groups excluding carboxylic acids is 1. The number of benzene rings is 2. The Kier molecular flexibility index (Phi) is 6.36. The van der Waals surface area contributed by atoms with Gasteiger partial charge in [0, 0.05) is 44.1 Å². The summed E-state index contributed by atoms with van der Waals surface area (Å²) in [6, 6.07) is 11.2. The van der Waals surface area contributed by atoms with E-state index >= 15 is 0 Å². The lowest BCUT2D eigenvalue weighted by Gasteiger charge is -2.34. The highest BCUT2D eigenvalue weighted by molar-refractivity contribution is 7.09. The van der Waals surface area contributed by atoms with Crippen LogP contribution in [0.25, 0.3) is 0 Å². The molecular formula is C20H18Cl2FN5OS. The Bertz CT molecular complexity index is 1020. The number of carbonyl (C=O) groups is 1. The van der Waals surface area contributed by atoms with Gasteiger partial charge in [-0.2, -0.15) is 4.37 Å². The summed E-state index contributed by atoms with van der Waals surface area (Å²) in [7, 11) is 0. The second kappa shape index (κ2) is 9.16. The van der Waals surface area contributed by atoms with Crippen molar-refractivity contribution in [1.82, 2.24) is 14.3 Å². The number of hydrogen-bond donors (Lipinski definition) is 1. The second-order valence-electron chi connectivity index (χ2n) is 6.80. The molecule has 0 radical (unpaired) electrons. The van der Waals surface area contributed by atoms with Crippen molar-refractivity contribution in [3.05, 3.63) is 69.7 Å². The lowest BCUT2D eigenvalue weighted by molar-refractivity contribution is 0.208. The Morgan fingerprint density at radius 1 is 1.07 bits per heavy atom. The third-order valence-corrected chi connectivity index (χ3v) is 6.21. The summed E-state index contributed by atoms with van der Waals surface area (Å²) in [6.07, 6.45) is 0.553. The Morgan fingerprint density at radius 2 is 1.73 bits per heavy atom. The third-order valence-electron chi connectivity index (χ3n) is 4.76. The largest absolute Gasteiger partial charge is 0.343 e. The topological polar surface area (TPSA) is 61.4 Å². The maximum atomic E-state index is 13.0. The average molecular weight is 466 g/mol. The van der Waals surface area contributed by atoms with E-state index in [-0.39, 0.29) is 11.8 Å². The molecule has 0 unspecified atom stereocenters. The zero-order valence-corrected chi connectivity index (χ0v) is 18.1. The molecule has 1 aliphatic rings. The number of para-hydroxylation sites is 1. The smallest absolute Gasteiger partial charge is 0.322 e. The van der Waals surface area contributed by atoms with Crippen LogP contribution in [0.2, 0.25) is 10.0 Å². The van der Waals surface area contributed by atoms with Gasteiger partial charge in [0.05, 0.1) is 15.7 Å². The number of urea groups is 1. The van der Waals surface area contributed by atoms with Gasteiger partial charge in [-0.05, 0) is 29.8 Å². The molecule has 3 aromatic rings. The van der Waals surface area contributed by atoms with Crippen LogP contribution >= 0.6 is 34.7 Å². The van der Waals surface area contributed by atoms with Gasteiger partial charge in [0.25, 0.3) is 0 Å². The average Bonchev–Trinajstić information content (AvgIpc) is 3.21. The highest BCUT2D eigenvalue weighted by Gasteiger charge is 2.24. The van der Waals surface area contributed by atoms with Crippen LogP contribution in [0.1, 0.15) is 11.4 Å². The first-order valence-electron chi connectivity index (χ1n) is 9.31. The number of nitrogens with zero attached hydrogens (tertiary/aromatic N) is 4. The summed E-state index contributed by atoms with van der Waals surface area (Å²) in [5.74, 6) is 0.444. The van der Waals surface area contributed by atoms with Crippen LogP contribution in [0.15, 0.2) is 42.5 Å². The number of hydrogen-bond acceptors (Lipinski definition) is 5. The molecule has 0 spiro atoms. The number of nitrogens with one attached hydrogen (secondary N) is 1. The van der Waals surface area contributed by atoms with Gasteiger partial charge < -0.3 is 15.1 Å². The van der Waals surface area contributed by atoms with Crippen molar-refractivity contribution in [3.8, 4) is 0 Å². The minimum atomic E-state index is -0.260. The van der Waals surface area contributed by atoms with Crippen molar-refractivity contribution in [3.63, 3.8) is 0 Å². The molecule has 2 heterocycles. The summed E-state index contributed by atoms with van der Waals surface area (Å²) in [4.78, 5) is 21.0. The number of rotatable bonds is 4. The molecule has 4 rings (SSSR count). The van der Waals surface area contributed by atoms with Gasteiger partial charge in [-0.15, -0.1) is 0 Å². The van der Waals surface area contributed by atoms with Crippen molar-refractivity contribution in [2.45, 2.75) is 6.42 Å². The standard InChI is InChI=1S/C20H18Cl2FN5OS/c21-15-2-1-3-16(22)18(15)25-19(29)27-8-10-28(11-9-27)20-24-17(26-30-20)12-13-4-6-14(23)7-5-13/h1-7H,8-12H2,(H,25,29). The molecule has 30 heavy (non-hydrogen) atoms. The van der Waals surface area contributed by atoms with Crippen molar-refractivity contribution in [2.24, 2.45) is 0 Å².